The quantitative estimate of drug-likeness (QED) is 0.286. The molecule has 1 aromatic heterocycles. The third-order valence-corrected chi connectivity index (χ3v) is 6.83. The molecule has 10 nitrogen and oxygen atoms in total. The molecule has 1 amide bonds. The van der Waals surface area contributed by atoms with E-state index in [0.717, 1.165) is 28.9 Å². The van der Waals surface area contributed by atoms with E-state index in [9.17, 15) is 28.0 Å². The average molecular weight is 533 g/mol. The van der Waals surface area contributed by atoms with Crippen molar-refractivity contribution in [3.8, 4) is 16.9 Å². The highest BCUT2D eigenvalue weighted by Crippen LogP contribution is 2.30. The molecule has 0 aliphatic rings. The Morgan fingerprint density at radius 1 is 1.14 bits per heavy atom. The average Bonchev–Trinajstić information content (AvgIpc) is 3.14. The molecule has 12 heteroatoms. The van der Waals surface area contributed by atoms with Crippen molar-refractivity contribution in [3.63, 3.8) is 0 Å². The molecule has 0 bridgehead atoms. The minimum absolute atomic E-state index is 0.0813. The van der Waals surface area contributed by atoms with Crippen molar-refractivity contribution in [1.82, 2.24) is 9.88 Å². The first-order valence-corrected chi connectivity index (χ1v) is 13.3. The molecule has 0 aliphatic carbocycles. The Bertz CT molecular complexity index is 1370. The minimum Gasteiger partial charge on any atom is -0.480 e. The van der Waals surface area contributed by atoms with Crippen LogP contribution in [-0.2, 0) is 30.7 Å². The van der Waals surface area contributed by atoms with E-state index >= 15 is 0 Å². The van der Waals surface area contributed by atoms with Crippen molar-refractivity contribution in [2.45, 2.75) is 30.7 Å². The van der Waals surface area contributed by atoms with E-state index < -0.39 is 27.8 Å². The van der Waals surface area contributed by atoms with E-state index in [1.54, 1.807) is 21.5 Å². The van der Waals surface area contributed by atoms with Gasteiger partial charge in [-0.05, 0) is 48.4 Å². The molecule has 2 N–H and O–H groups in total. The highest BCUT2D eigenvalue weighted by atomic mass is 32.2. The van der Waals surface area contributed by atoms with Gasteiger partial charge in [-0.25, -0.2) is 18.0 Å². The van der Waals surface area contributed by atoms with E-state index in [4.69, 9.17) is 0 Å². The van der Waals surface area contributed by atoms with E-state index in [1.807, 2.05) is 47.9 Å². The monoisotopic (exact) mass is 532 g/mol. The van der Waals surface area contributed by atoms with Gasteiger partial charge in [0.15, 0.2) is 16.4 Å². The number of hydrogen-bond donors (Lipinski definition) is 2. The number of nitrogens with zero attached hydrogens (tertiary/aromatic N) is 2. The second kappa shape index (κ2) is 11.5. The van der Waals surface area contributed by atoms with E-state index in [-0.39, 0.29) is 29.0 Å². The third kappa shape index (κ3) is 6.77. The van der Waals surface area contributed by atoms with Crippen molar-refractivity contribution >= 4 is 31.1 Å². The molecule has 0 aliphatic heterocycles. The number of aliphatic carboxylic acids is 1. The minimum atomic E-state index is -3.35. The topological polar surface area (TPSA) is 135 Å². The van der Waals surface area contributed by atoms with Crippen LogP contribution in [0, 0.1) is 11.8 Å². The predicted molar refractivity (Wildman–Crippen MR) is 136 cm³/mol. The lowest BCUT2D eigenvalue weighted by Gasteiger charge is -2.14. The Morgan fingerprint density at radius 2 is 1.78 bits per heavy atom. The van der Waals surface area contributed by atoms with Crippen LogP contribution in [0.5, 0.6) is 0 Å². The Morgan fingerprint density at radius 3 is 2.33 bits per heavy atom. The molecular formula is C24H27N3O7PS+. The first kappa shape index (κ1) is 27.0. The number of carboxylic acids is 1. The maximum Gasteiger partial charge on any atom is 0.326 e. The van der Waals surface area contributed by atoms with Gasteiger partial charge >= 0.3 is 5.97 Å². The highest BCUT2D eigenvalue weighted by Gasteiger charge is 2.23. The molecule has 0 fully saturated rings. The Hall–Kier alpha value is -3.56. The molecule has 1 heterocycles. The van der Waals surface area contributed by atoms with Gasteiger partial charge in [-0.3, -0.25) is 4.79 Å². The summed E-state index contributed by atoms with van der Waals surface area (Å²) in [6, 6.07) is 16.6. The molecule has 190 valence electrons. The largest absolute Gasteiger partial charge is 0.480 e. The summed E-state index contributed by atoms with van der Waals surface area (Å²) >= 11 is 0. The lowest BCUT2D eigenvalue weighted by Crippen LogP contribution is -2.42. The summed E-state index contributed by atoms with van der Waals surface area (Å²) in [4.78, 5) is 40.0. The van der Waals surface area contributed by atoms with Crippen LogP contribution in [0.25, 0.3) is 16.9 Å². The first-order chi connectivity index (χ1) is 17.0. The molecule has 0 saturated heterocycles. The summed E-state index contributed by atoms with van der Waals surface area (Å²) < 4.78 is 25.8. The first-order valence-electron chi connectivity index (χ1n) is 10.9. The van der Waals surface area contributed by atoms with Crippen LogP contribution in [-0.4, -0.2) is 53.6 Å². The summed E-state index contributed by atoms with van der Waals surface area (Å²) in [6.07, 6.45) is 0.974. The van der Waals surface area contributed by atoms with Gasteiger partial charge in [-0.1, -0.05) is 30.3 Å². The molecule has 2 unspecified atom stereocenters. The number of hydrogen-bond acceptors (Lipinski definition) is 6. The van der Waals surface area contributed by atoms with Crippen molar-refractivity contribution in [1.29, 1.82) is 0 Å². The summed E-state index contributed by atoms with van der Waals surface area (Å²) in [7, 11) is -1.60. The smallest absolute Gasteiger partial charge is 0.326 e. The molecule has 3 rings (SSSR count). The summed E-state index contributed by atoms with van der Waals surface area (Å²) in [5.74, 6) is -1.74. The number of rotatable bonds is 11. The van der Waals surface area contributed by atoms with Gasteiger partial charge in [0.25, 0.3) is 9.39 Å². The van der Waals surface area contributed by atoms with E-state index in [2.05, 4.69) is 10.2 Å². The normalized spacial score (nSPS) is 12.1. The highest BCUT2D eigenvalue weighted by molar-refractivity contribution is 7.90. The summed E-state index contributed by atoms with van der Waals surface area (Å²) in [5.41, 5.74) is 3.80. The van der Waals surface area contributed by atoms with Gasteiger partial charge in [0.1, 0.15) is 6.04 Å². The number of carboxylic acid groups (broad SMARTS) is 1. The number of carbonyl (C=O) groups is 2. The zero-order chi connectivity index (χ0) is 26.5. The zero-order valence-corrected chi connectivity index (χ0v) is 21.7. The summed E-state index contributed by atoms with van der Waals surface area (Å²) in [5, 5.41) is 11.9. The number of nitrogens with one attached hydrogen (secondary N) is 1. The van der Waals surface area contributed by atoms with Gasteiger partial charge in [-0.15, -0.1) is 0 Å². The molecule has 2 atom stereocenters. The van der Waals surface area contributed by atoms with Crippen molar-refractivity contribution in [2.24, 2.45) is 0 Å². The maximum atomic E-state index is 12.8. The van der Waals surface area contributed by atoms with Crippen LogP contribution in [0.3, 0.4) is 0 Å². The van der Waals surface area contributed by atoms with Gasteiger partial charge in [0.05, 0.1) is 21.9 Å². The molecule has 2 aromatic carbocycles. The zero-order valence-electron chi connectivity index (χ0n) is 19.7. The fourth-order valence-corrected chi connectivity index (χ4v) is 4.50. The number of para-hydroxylation sites is 1. The van der Waals surface area contributed by atoms with Gasteiger partial charge in [-0.2, -0.15) is 0 Å². The molecule has 3 aromatic rings. The third-order valence-electron chi connectivity index (χ3n) is 5.55. The second-order valence-corrected chi connectivity index (χ2v) is 10.6. The molecule has 36 heavy (non-hydrogen) atoms. The Kier molecular flexibility index (Phi) is 8.60. The predicted octanol–water partition coefficient (Wildman–Crippen LogP) is 2.86. The van der Waals surface area contributed by atoms with Crippen LogP contribution in [0.15, 0.2) is 65.6 Å². The molecule has 0 spiro atoms. The van der Waals surface area contributed by atoms with Crippen LogP contribution >= 0.6 is 9.39 Å². The number of carbonyl (C=O) groups excluding carboxylic acids is 1. The van der Waals surface area contributed by atoms with Crippen LogP contribution in [0.2, 0.25) is 0 Å². The fourth-order valence-electron chi connectivity index (χ4n) is 3.77. The molecular weight excluding hydrogens is 505 g/mol. The fraction of sp³-hybridized carbons (Fsp3) is 0.250. The second-order valence-electron chi connectivity index (χ2n) is 8.15. The van der Waals surface area contributed by atoms with Crippen LogP contribution in [0.4, 0.5) is 0 Å². The van der Waals surface area contributed by atoms with E-state index in [1.165, 1.54) is 12.1 Å². The van der Waals surface area contributed by atoms with Crippen molar-refractivity contribution in [3.05, 3.63) is 76.8 Å². The number of benzene rings is 2. The Balaban J connectivity index is 1.92. The molecule has 0 saturated carbocycles. The SMILES string of the molecule is Cc1c(CC(=O)NC(CCO[N+](=O)P)C(=O)O)cc(-c2ccc(S(C)(=O)=O)cc2)n1-c1ccccc1. The van der Waals surface area contributed by atoms with Gasteiger partial charge in [0.2, 0.25) is 10.6 Å². The van der Waals surface area contributed by atoms with Crippen molar-refractivity contribution in [2.75, 3.05) is 12.9 Å². The lowest BCUT2D eigenvalue weighted by atomic mass is 10.1. The Labute approximate surface area is 211 Å². The number of amides is 1. The van der Waals surface area contributed by atoms with Crippen molar-refractivity contribution < 1.29 is 32.6 Å². The van der Waals surface area contributed by atoms with E-state index in [0.29, 0.717) is 5.56 Å². The standard InChI is InChI=1S/C24H26N3O7PS/c1-16-18(15-23(28)25-21(24(29)30)12-13-34-27(31)35)14-22(26(16)19-6-4-3-5-7-19)17-8-10-20(11-9-17)36(2,32)33/h3-11,14,21H,12-13,15,35H2,1-2H3,(H-,25,28,29,30)/p+1. The maximum absolute atomic E-state index is 12.8. The van der Waals surface area contributed by atoms with Crippen LogP contribution < -0.4 is 5.32 Å². The van der Waals surface area contributed by atoms with Crippen LogP contribution in [0.1, 0.15) is 17.7 Å². The lowest BCUT2D eigenvalue weighted by molar-refractivity contribution is -0.685. The van der Waals surface area contributed by atoms with Gasteiger partial charge in [0, 0.05) is 24.1 Å². The summed E-state index contributed by atoms with van der Waals surface area (Å²) in [6.45, 7) is 1.68. The molecule has 0 radical (unpaired) electrons. The number of aromatic nitrogens is 1. The van der Waals surface area contributed by atoms with Gasteiger partial charge < -0.3 is 15.0 Å². The number of sulfone groups is 1.